The molecule has 0 aromatic carbocycles. The van der Waals surface area contributed by atoms with Crippen molar-refractivity contribution in [3.05, 3.63) is 0 Å². The second-order valence-electron chi connectivity index (χ2n) is 6.51. The average molecular weight is 354 g/mol. The fraction of sp³-hybridized carbons (Fsp3) is 1.00. The molecule has 0 bridgehead atoms. The van der Waals surface area contributed by atoms with Gasteiger partial charge in [-0.1, -0.05) is 13.8 Å². The predicted molar refractivity (Wildman–Crippen MR) is 81.7 cm³/mol. The molecule has 0 amide bonds. The van der Waals surface area contributed by atoms with Crippen molar-refractivity contribution in [2.24, 2.45) is 5.92 Å². The highest BCUT2D eigenvalue weighted by atomic mass is 16.7. The Hall–Kier alpha value is -0.360. The van der Waals surface area contributed by atoms with Gasteiger partial charge in [-0.05, 0) is 19.3 Å². The van der Waals surface area contributed by atoms with E-state index in [0.717, 1.165) is 0 Å². The Morgan fingerprint density at radius 3 is 2.12 bits per heavy atom. The molecule has 0 radical (unpaired) electrons. The lowest BCUT2D eigenvalue weighted by Crippen LogP contribution is -2.60. The van der Waals surface area contributed by atoms with Crippen molar-refractivity contribution < 1.29 is 44.8 Å². The number of hydrogen-bond donors (Lipinski definition) is 6. The molecule has 1 fully saturated rings. The normalized spacial score (nSPS) is 35.0. The second kappa shape index (κ2) is 9.95. The molecule has 0 saturated carbocycles. The zero-order valence-electron chi connectivity index (χ0n) is 14.2. The van der Waals surface area contributed by atoms with Crippen molar-refractivity contribution >= 4 is 0 Å². The van der Waals surface area contributed by atoms with E-state index in [1.165, 1.54) is 6.92 Å². The molecule has 1 aliphatic rings. The smallest absolute Gasteiger partial charge is 0.184 e. The van der Waals surface area contributed by atoms with Gasteiger partial charge < -0.3 is 44.8 Å². The third-order valence-electron chi connectivity index (χ3n) is 3.79. The van der Waals surface area contributed by atoms with Crippen LogP contribution in [-0.4, -0.2) is 93.1 Å². The van der Waals surface area contributed by atoms with Gasteiger partial charge in [-0.15, -0.1) is 0 Å². The molecule has 0 aromatic heterocycles. The largest absolute Gasteiger partial charge is 0.394 e. The van der Waals surface area contributed by atoms with Gasteiger partial charge in [-0.25, -0.2) is 0 Å². The summed E-state index contributed by atoms with van der Waals surface area (Å²) in [6, 6.07) is 0. The molecule has 1 heterocycles. The number of hydrogen-bond acceptors (Lipinski definition) is 9. The third kappa shape index (κ3) is 5.87. The summed E-state index contributed by atoms with van der Waals surface area (Å²) in [5.74, 6) is 0.238. The molecule has 0 aromatic rings. The maximum absolute atomic E-state index is 10.1. The van der Waals surface area contributed by atoms with E-state index in [1.54, 1.807) is 0 Å². The number of rotatable bonds is 9. The van der Waals surface area contributed by atoms with Gasteiger partial charge in [0.2, 0.25) is 0 Å². The highest BCUT2D eigenvalue weighted by Gasteiger charge is 2.46. The summed E-state index contributed by atoms with van der Waals surface area (Å²) in [5, 5.41) is 57.8. The van der Waals surface area contributed by atoms with E-state index in [0.29, 0.717) is 6.42 Å². The Labute approximate surface area is 141 Å². The van der Waals surface area contributed by atoms with Gasteiger partial charge in [0.15, 0.2) is 12.6 Å². The summed E-state index contributed by atoms with van der Waals surface area (Å²) in [5.41, 5.74) is 0. The molecular weight excluding hydrogens is 324 g/mol. The first-order valence-corrected chi connectivity index (χ1v) is 8.11. The van der Waals surface area contributed by atoms with Gasteiger partial charge >= 0.3 is 0 Å². The van der Waals surface area contributed by atoms with Crippen LogP contribution in [0.25, 0.3) is 0 Å². The van der Waals surface area contributed by atoms with Gasteiger partial charge in [-0.3, -0.25) is 0 Å². The topological polar surface area (TPSA) is 149 Å². The van der Waals surface area contributed by atoms with Gasteiger partial charge in [0, 0.05) is 0 Å². The fourth-order valence-electron chi connectivity index (χ4n) is 2.54. The van der Waals surface area contributed by atoms with Gasteiger partial charge in [0.25, 0.3) is 0 Å². The molecule has 0 spiro atoms. The number of aliphatic hydroxyl groups is 6. The molecule has 8 unspecified atom stereocenters. The minimum absolute atomic E-state index is 0.238. The standard InChI is InChI=1S/C15H30O9/c1-7(2)4-9(5-16)22-15(8(3)18)24-13-10(6-17)23-14(21)12(20)11(13)19/h7-21H,4-6H2,1-3H3. The molecular formula is C15H30O9. The van der Waals surface area contributed by atoms with Crippen molar-refractivity contribution in [1.82, 2.24) is 0 Å². The molecule has 1 rings (SSSR count). The summed E-state index contributed by atoms with van der Waals surface area (Å²) in [7, 11) is 0. The lowest BCUT2D eigenvalue weighted by Gasteiger charge is -2.42. The lowest BCUT2D eigenvalue weighted by molar-refractivity contribution is -0.330. The first kappa shape index (κ1) is 21.7. The Kier molecular flexibility index (Phi) is 8.99. The van der Waals surface area contributed by atoms with E-state index in [2.05, 4.69) is 0 Å². The van der Waals surface area contributed by atoms with E-state index >= 15 is 0 Å². The lowest BCUT2D eigenvalue weighted by atomic mass is 9.99. The SMILES string of the molecule is CC(C)CC(CO)OC(OC1C(CO)OC(O)C(O)C1O)C(C)O. The van der Waals surface area contributed by atoms with Crippen LogP contribution >= 0.6 is 0 Å². The van der Waals surface area contributed by atoms with Gasteiger partial charge in [-0.2, -0.15) is 0 Å². The number of aliphatic hydroxyl groups excluding tert-OH is 6. The molecule has 9 heteroatoms. The Balaban J connectivity index is 2.81. The monoisotopic (exact) mass is 354 g/mol. The molecule has 9 nitrogen and oxygen atoms in total. The van der Waals surface area contributed by atoms with E-state index in [4.69, 9.17) is 14.2 Å². The molecule has 8 atom stereocenters. The zero-order valence-corrected chi connectivity index (χ0v) is 14.2. The fourth-order valence-corrected chi connectivity index (χ4v) is 2.54. The van der Waals surface area contributed by atoms with Crippen LogP contribution in [0.15, 0.2) is 0 Å². The van der Waals surface area contributed by atoms with E-state index in [9.17, 15) is 30.6 Å². The predicted octanol–water partition coefficient (Wildman–Crippen LogP) is -2.07. The van der Waals surface area contributed by atoms with Crippen molar-refractivity contribution in [3.8, 4) is 0 Å². The summed E-state index contributed by atoms with van der Waals surface area (Å²) in [6.45, 7) is 4.45. The Morgan fingerprint density at radius 1 is 1.04 bits per heavy atom. The first-order valence-electron chi connectivity index (χ1n) is 8.11. The highest BCUT2D eigenvalue weighted by molar-refractivity contribution is 4.90. The first-order chi connectivity index (χ1) is 11.2. The van der Waals surface area contributed by atoms with Crippen LogP contribution in [0.2, 0.25) is 0 Å². The Morgan fingerprint density at radius 2 is 1.67 bits per heavy atom. The van der Waals surface area contributed by atoms with E-state index in [-0.39, 0.29) is 12.5 Å². The molecule has 1 aliphatic heterocycles. The van der Waals surface area contributed by atoms with Crippen LogP contribution in [0.5, 0.6) is 0 Å². The van der Waals surface area contributed by atoms with E-state index in [1.807, 2.05) is 13.8 Å². The van der Waals surface area contributed by atoms with Crippen LogP contribution in [-0.2, 0) is 14.2 Å². The minimum Gasteiger partial charge on any atom is -0.394 e. The van der Waals surface area contributed by atoms with Crippen LogP contribution in [0, 0.1) is 5.92 Å². The summed E-state index contributed by atoms with van der Waals surface area (Å²) < 4.78 is 16.1. The van der Waals surface area contributed by atoms with Crippen LogP contribution in [0.4, 0.5) is 0 Å². The quantitative estimate of drug-likeness (QED) is 0.257. The van der Waals surface area contributed by atoms with Crippen LogP contribution in [0.3, 0.4) is 0 Å². The van der Waals surface area contributed by atoms with Crippen molar-refractivity contribution in [3.63, 3.8) is 0 Å². The summed E-state index contributed by atoms with van der Waals surface area (Å²) in [4.78, 5) is 0. The van der Waals surface area contributed by atoms with E-state index < -0.39 is 55.8 Å². The van der Waals surface area contributed by atoms with Crippen molar-refractivity contribution in [2.75, 3.05) is 13.2 Å². The molecule has 144 valence electrons. The average Bonchev–Trinajstić information content (AvgIpc) is 2.52. The number of ether oxygens (including phenoxy) is 3. The minimum atomic E-state index is -1.66. The van der Waals surface area contributed by atoms with Crippen LogP contribution < -0.4 is 0 Å². The van der Waals surface area contributed by atoms with Crippen molar-refractivity contribution in [1.29, 1.82) is 0 Å². The molecule has 24 heavy (non-hydrogen) atoms. The van der Waals surface area contributed by atoms with Gasteiger partial charge in [0.05, 0.1) is 19.3 Å². The highest BCUT2D eigenvalue weighted by Crippen LogP contribution is 2.25. The third-order valence-corrected chi connectivity index (χ3v) is 3.79. The molecule has 1 saturated heterocycles. The Bertz CT molecular complexity index is 350. The van der Waals surface area contributed by atoms with Crippen LogP contribution in [0.1, 0.15) is 27.2 Å². The maximum atomic E-state index is 10.1. The zero-order chi connectivity index (χ0) is 18.4. The summed E-state index contributed by atoms with van der Waals surface area (Å²) in [6.07, 6.45) is -9.57. The molecule has 0 aliphatic carbocycles. The van der Waals surface area contributed by atoms with Crippen molar-refractivity contribution in [2.45, 2.75) is 76.4 Å². The van der Waals surface area contributed by atoms with Gasteiger partial charge in [0.1, 0.15) is 30.5 Å². The second-order valence-corrected chi connectivity index (χ2v) is 6.51. The maximum Gasteiger partial charge on any atom is 0.184 e. The molecule has 6 N–H and O–H groups in total. The summed E-state index contributed by atoms with van der Waals surface area (Å²) >= 11 is 0.